The summed E-state index contributed by atoms with van der Waals surface area (Å²) in [5.74, 6) is 1.67. The molecule has 1 aromatic heterocycles. The van der Waals surface area contributed by atoms with E-state index in [0.29, 0.717) is 5.56 Å². The summed E-state index contributed by atoms with van der Waals surface area (Å²) in [4.78, 5) is 17.4. The first-order valence-electron chi connectivity index (χ1n) is 12.3. The van der Waals surface area contributed by atoms with Crippen LogP contribution in [-0.4, -0.2) is 34.6 Å². The van der Waals surface area contributed by atoms with Crippen LogP contribution in [0, 0.1) is 18.8 Å². The van der Waals surface area contributed by atoms with Gasteiger partial charge in [0.1, 0.15) is 5.75 Å². The molecule has 2 N–H and O–H groups in total. The fourth-order valence-electron chi connectivity index (χ4n) is 6.27. The average Bonchev–Trinajstić information content (AvgIpc) is 3.54. The van der Waals surface area contributed by atoms with Gasteiger partial charge in [-0.2, -0.15) is 0 Å². The first-order chi connectivity index (χ1) is 16.0. The summed E-state index contributed by atoms with van der Waals surface area (Å²) in [5.41, 5.74) is 5.16. The molecule has 2 aromatic carbocycles. The van der Waals surface area contributed by atoms with Gasteiger partial charge in [0.2, 0.25) is 0 Å². The van der Waals surface area contributed by atoms with Crippen molar-refractivity contribution < 1.29 is 14.6 Å². The molecule has 0 amide bonds. The van der Waals surface area contributed by atoms with Gasteiger partial charge in [-0.25, -0.2) is 4.79 Å². The number of rotatable bonds is 6. The topological polar surface area (TPSA) is 65.6 Å². The Balaban J connectivity index is 1.48. The van der Waals surface area contributed by atoms with Gasteiger partial charge in [-0.15, -0.1) is 0 Å². The number of nitrogens with one attached hydrogen (secondary N) is 1. The van der Waals surface area contributed by atoms with E-state index >= 15 is 0 Å². The van der Waals surface area contributed by atoms with Gasteiger partial charge in [0.05, 0.1) is 12.7 Å². The molecular weight excluding hydrogens is 412 g/mol. The van der Waals surface area contributed by atoms with Crippen molar-refractivity contribution >= 4 is 16.9 Å². The third-order valence-electron chi connectivity index (χ3n) is 8.06. The highest BCUT2D eigenvalue weighted by molar-refractivity contribution is 5.88. The predicted molar refractivity (Wildman–Crippen MR) is 131 cm³/mol. The quantitative estimate of drug-likeness (QED) is 0.465. The summed E-state index contributed by atoms with van der Waals surface area (Å²) in [5, 5.41) is 10.6. The Labute approximate surface area is 195 Å². The molecule has 5 rings (SSSR count). The number of aromatic nitrogens is 1. The standard InChI is InChI=1S/C28H34N2O3/c1-18-15-26(33-2)24(23-11-13-29-27(18)23)17-30-14-12-22(19-5-3-4-6-19)16-25(30)20-7-9-21(10-8-20)28(31)32/h7-11,13,15,19,22,25,29H,3-6,12,14,16-17H2,1-2H3,(H,31,32)/t22-,25+/m1/s1. The summed E-state index contributed by atoms with van der Waals surface area (Å²) >= 11 is 0. The van der Waals surface area contributed by atoms with Gasteiger partial charge in [-0.1, -0.05) is 37.8 Å². The number of methoxy groups -OCH3 is 1. The third kappa shape index (κ3) is 4.26. The SMILES string of the molecule is COc1cc(C)c2[nH]ccc2c1CN1CC[C@@H](C2CCCC2)C[C@H]1c1ccc(C(=O)O)cc1. The Morgan fingerprint density at radius 2 is 1.88 bits per heavy atom. The minimum Gasteiger partial charge on any atom is -0.496 e. The van der Waals surface area contributed by atoms with Crippen molar-refractivity contribution in [1.82, 2.24) is 9.88 Å². The van der Waals surface area contributed by atoms with E-state index in [1.807, 2.05) is 18.3 Å². The Bertz CT molecular complexity index is 1130. The van der Waals surface area contributed by atoms with E-state index in [9.17, 15) is 9.90 Å². The molecule has 1 aliphatic carbocycles. The van der Waals surface area contributed by atoms with Crippen LogP contribution in [0.3, 0.4) is 0 Å². The van der Waals surface area contributed by atoms with E-state index in [2.05, 4.69) is 28.9 Å². The number of nitrogens with zero attached hydrogens (tertiary/aromatic N) is 1. The molecule has 0 radical (unpaired) electrons. The number of likely N-dealkylation sites (tertiary alicyclic amines) is 1. The van der Waals surface area contributed by atoms with Crippen molar-refractivity contribution in [3.05, 3.63) is 64.8 Å². The van der Waals surface area contributed by atoms with Crippen molar-refractivity contribution in [3.8, 4) is 5.75 Å². The number of carboxylic acid groups (broad SMARTS) is 1. The molecule has 2 fully saturated rings. The largest absolute Gasteiger partial charge is 0.496 e. The van der Waals surface area contributed by atoms with Crippen LogP contribution < -0.4 is 4.74 Å². The van der Waals surface area contributed by atoms with Crippen LogP contribution in [-0.2, 0) is 6.54 Å². The Morgan fingerprint density at radius 1 is 1.12 bits per heavy atom. The summed E-state index contributed by atoms with van der Waals surface area (Å²) in [6.45, 7) is 3.99. The Hall–Kier alpha value is -2.79. The Morgan fingerprint density at radius 3 is 2.58 bits per heavy atom. The summed E-state index contributed by atoms with van der Waals surface area (Å²) in [6.07, 6.45) is 9.86. The molecule has 2 atom stereocenters. The maximum atomic E-state index is 11.4. The van der Waals surface area contributed by atoms with E-state index in [4.69, 9.17) is 4.74 Å². The number of ether oxygens (including phenoxy) is 1. The number of carbonyl (C=O) groups is 1. The fourth-order valence-corrected chi connectivity index (χ4v) is 6.27. The zero-order valence-electron chi connectivity index (χ0n) is 19.6. The normalized spacial score (nSPS) is 22.1. The maximum absolute atomic E-state index is 11.4. The molecule has 1 aliphatic heterocycles. The molecule has 0 spiro atoms. The molecule has 0 bridgehead atoms. The molecule has 1 saturated heterocycles. The molecular formula is C28H34N2O3. The smallest absolute Gasteiger partial charge is 0.335 e. The molecule has 2 aliphatic rings. The molecule has 1 saturated carbocycles. The van der Waals surface area contributed by atoms with Crippen LogP contribution in [0.5, 0.6) is 5.75 Å². The lowest BCUT2D eigenvalue weighted by Gasteiger charge is -2.42. The van der Waals surface area contributed by atoms with Crippen LogP contribution in [0.4, 0.5) is 0 Å². The van der Waals surface area contributed by atoms with E-state index in [0.717, 1.165) is 37.1 Å². The lowest BCUT2D eigenvalue weighted by molar-refractivity contribution is 0.0696. The van der Waals surface area contributed by atoms with Crippen molar-refractivity contribution in [2.75, 3.05) is 13.7 Å². The number of hydrogen-bond acceptors (Lipinski definition) is 3. The second kappa shape index (κ2) is 9.22. The lowest BCUT2D eigenvalue weighted by atomic mass is 9.78. The Kier molecular flexibility index (Phi) is 6.15. The average molecular weight is 447 g/mol. The number of piperidine rings is 1. The van der Waals surface area contributed by atoms with Crippen LogP contribution in [0.25, 0.3) is 10.9 Å². The van der Waals surface area contributed by atoms with E-state index in [-0.39, 0.29) is 6.04 Å². The molecule has 33 heavy (non-hydrogen) atoms. The minimum atomic E-state index is -0.870. The van der Waals surface area contributed by atoms with Crippen LogP contribution in [0.1, 0.15) is 71.6 Å². The van der Waals surface area contributed by atoms with Crippen molar-refractivity contribution in [2.24, 2.45) is 11.8 Å². The molecule has 174 valence electrons. The van der Waals surface area contributed by atoms with E-state index < -0.39 is 5.97 Å². The first-order valence-corrected chi connectivity index (χ1v) is 12.3. The van der Waals surface area contributed by atoms with Gasteiger partial charge in [0, 0.05) is 35.2 Å². The molecule has 3 aromatic rings. The highest BCUT2D eigenvalue weighted by Crippen LogP contribution is 2.44. The van der Waals surface area contributed by atoms with Gasteiger partial charge in [-0.05, 0) is 73.5 Å². The third-order valence-corrected chi connectivity index (χ3v) is 8.06. The molecule has 5 heteroatoms. The van der Waals surface area contributed by atoms with E-state index in [1.54, 1.807) is 19.2 Å². The molecule has 2 heterocycles. The molecule has 0 unspecified atom stereocenters. The summed E-state index contributed by atoms with van der Waals surface area (Å²) < 4.78 is 5.82. The number of H-pyrrole nitrogens is 1. The number of aromatic amines is 1. The lowest BCUT2D eigenvalue weighted by Crippen LogP contribution is -2.38. The van der Waals surface area contributed by atoms with Crippen LogP contribution >= 0.6 is 0 Å². The maximum Gasteiger partial charge on any atom is 0.335 e. The fraction of sp³-hybridized carbons (Fsp3) is 0.464. The van der Waals surface area contributed by atoms with Crippen molar-refractivity contribution in [2.45, 2.75) is 58.0 Å². The highest BCUT2D eigenvalue weighted by Gasteiger charge is 2.35. The first kappa shape index (κ1) is 22.0. The van der Waals surface area contributed by atoms with E-state index in [1.165, 1.54) is 59.7 Å². The van der Waals surface area contributed by atoms with Gasteiger partial charge in [0.25, 0.3) is 0 Å². The number of aryl methyl sites for hydroxylation is 1. The predicted octanol–water partition coefficient (Wildman–Crippen LogP) is 6.33. The minimum absolute atomic E-state index is 0.284. The van der Waals surface area contributed by atoms with Crippen LogP contribution in [0.2, 0.25) is 0 Å². The van der Waals surface area contributed by atoms with Gasteiger partial charge in [0.15, 0.2) is 0 Å². The van der Waals surface area contributed by atoms with Gasteiger partial charge in [-0.3, -0.25) is 4.90 Å². The number of benzene rings is 2. The number of fused-ring (bicyclic) bond motifs is 1. The zero-order chi connectivity index (χ0) is 22.9. The second-order valence-corrected chi connectivity index (χ2v) is 9.88. The zero-order valence-corrected chi connectivity index (χ0v) is 19.6. The van der Waals surface area contributed by atoms with Crippen molar-refractivity contribution in [1.29, 1.82) is 0 Å². The summed E-state index contributed by atoms with van der Waals surface area (Å²) in [6, 6.07) is 12.1. The summed E-state index contributed by atoms with van der Waals surface area (Å²) in [7, 11) is 1.76. The van der Waals surface area contributed by atoms with Gasteiger partial charge < -0.3 is 14.8 Å². The monoisotopic (exact) mass is 446 g/mol. The van der Waals surface area contributed by atoms with Crippen molar-refractivity contribution in [3.63, 3.8) is 0 Å². The number of aromatic carboxylic acids is 1. The number of carboxylic acids is 1. The van der Waals surface area contributed by atoms with Crippen LogP contribution in [0.15, 0.2) is 42.6 Å². The highest BCUT2D eigenvalue weighted by atomic mass is 16.5. The number of hydrogen-bond donors (Lipinski definition) is 2. The second-order valence-electron chi connectivity index (χ2n) is 9.88. The van der Waals surface area contributed by atoms with Gasteiger partial charge >= 0.3 is 5.97 Å². The molecule has 5 nitrogen and oxygen atoms in total.